The summed E-state index contributed by atoms with van der Waals surface area (Å²) in [5, 5.41) is 3.10. The SMILES string of the molecule is COC1CCCC1NS(=O)(=O)CCNC(C)C. The van der Waals surface area contributed by atoms with Crippen molar-refractivity contribution in [2.75, 3.05) is 19.4 Å². The van der Waals surface area contributed by atoms with Crippen LogP contribution >= 0.6 is 0 Å². The minimum Gasteiger partial charge on any atom is -0.380 e. The normalized spacial score (nSPS) is 25.6. The van der Waals surface area contributed by atoms with Crippen molar-refractivity contribution in [1.82, 2.24) is 10.0 Å². The second-order valence-corrected chi connectivity index (χ2v) is 6.73. The predicted molar refractivity (Wildman–Crippen MR) is 68.5 cm³/mol. The lowest BCUT2D eigenvalue weighted by Gasteiger charge is -2.19. The van der Waals surface area contributed by atoms with E-state index in [1.165, 1.54) is 0 Å². The third-order valence-electron chi connectivity index (χ3n) is 3.01. The van der Waals surface area contributed by atoms with E-state index >= 15 is 0 Å². The van der Waals surface area contributed by atoms with Gasteiger partial charge in [0.1, 0.15) is 0 Å². The molecular weight excluding hydrogens is 240 g/mol. The Morgan fingerprint density at radius 2 is 2.06 bits per heavy atom. The van der Waals surface area contributed by atoms with Crippen LogP contribution in [0.2, 0.25) is 0 Å². The zero-order valence-electron chi connectivity index (χ0n) is 10.9. The van der Waals surface area contributed by atoms with Crippen LogP contribution in [0.25, 0.3) is 0 Å². The molecule has 1 saturated carbocycles. The summed E-state index contributed by atoms with van der Waals surface area (Å²) < 4.78 is 31.7. The molecule has 2 unspecified atom stereocenters. The molecule has 0 saturated heterocycles. The zero-order valence-corrected chi connectivity index (χ0v) is 11.7. The summed E-state index contributed by atoms with van der Waals surface area (Å²) in [7, 11) is -1.56. The molecule has 1 aliphatic carbocycles. The van der Waals surface area contributed by atoms with E-state index < -0.39 is 10.0 Å². The van der Waals surface area contributed by atoms with Gasteiger partial charge in [-0.15, -0.1) is 0 Å². The van der Waals surface area contributed by atoms with Crippen LogP contribution in [-0.2, 0) is 14.8 Å². The van der Waals surface area contributed by atoms with Crippen molar-refractivity contribution >= 4 is 10.0 Å². The number of hydrogen-bond acceptors (Lipinski definition) is 4. The highest BCUT2D eigenvalue weighted by Crippen LogP contribution is 2.21. The Kier molecular flexibility index (Phi) is 5.85. The predicted octanol–water partition coefficient (Wildman–Crippen LogP) is 0.471. The standard InChI is InChI=1S/C11H24N2O3S/c1-9(2)12-7-8-17(14,15)13-10-5-4-6-11(10)16-3/h9-13H,4-8H2,1-3H3. The van der Waals surface area contributed by atoms with Gasteiger partial charge >= 0.3 is 0 Å². The van der Waals surface area contributed by atoms with Crippen molar-refractivity contribution in [1.29, 1.82) is 0 Å². The zero-order chi connectivity index (χ0) is 12.9. The molecule has 0 aromatic carbocycles. The summed E-state index contributed by atoms with van der Waals surface area (Å²) in [4.78, 5) is 0. The number of ether oxygens (including phenoxy) is 1. The first-order valence-electron chi connectivity index (χ1n) is 6.21. The Morgan fingerprint density at radius 1 is 1.35 bits per heavy atom. The Labute approximate surface area is 104 Å². The van der Waals surface area contributed by atoms with E-state index in [0.717, 1.165) is 19.3 Å². The summed E-state index contributed by atoms with van der Waals surface area (Å²) in [5.41, 5.74) is 0. The molecule has 0 bridgehead atoms. The Bertz CT molecular complexity index is 317. The molecule has 2 atom stereocenters. The second-order valence-electron chi connectivity index (χ2n) is 4.86. The molecule has 6 heteroatoms. The molecule has 0 amide bonds. The number of hydrogen-bond donors (Lipinski definition) is 2. The maximum atomic E-state index is 11.8. The van der Waals surface area contributed by atoms with Gasteiger partial charge in [0.15, 0.2) is 0 Å². The lowest BCUT2D eigenvalue weighted by molar-refractivity contribution is 0.0916. The molecule has 1 fully saturated rings. The van der Waals surface area contributed by atoms with Crippen LogP contribution in [-0.4, -0.2) is 46.0 Å². The average molecular weight is 264 g/mol. The summed E-state index contributed by atoms with van der Waals surface area (Å²) >= 11 is 0. The first-order valence-corrected chi connectivity index (χ1v) is 7.86. The summed E-state index contributed by atoms with van der Waals surface area (Å²) in [6, 6.07) is 0.257. The van der Waals surface area contributed by atoms with Gasteiger partial charge in [-0.05, 0) is 19.3 Å². The van der Waals surface area contributed by atoms with Crippen molar-refractivity contribution in [2.24, 2.45) is 0 Å². The van der Waals surface area contributed by atoms with E-state index in [2.05, 4.69) is 10.0 Å². The minimum absolute atomic E-state index is 0.0304. The van der Waals surface area contributed by atoms with Crippen LogP contribution in [0.4, 0.5) is 0 Å². The molecule has 0 aliphatic heterocycles. The molecule has 0 aromatic heterocycles. The summed E-state index contributed by atoms with van der Waals surface area (Å²) in [6.07, 6.45) is 2.86. The van der Waals surface area contributed by atoms with Gasteiger partial charge in [0.05, 0.1) is 11.9 Å². The number of rotatable bonds is 7. The van der Waals surface area contributed by atoms with Crippen molar-refractivity contribution in [2.45, 2.75) is 51.3 Å². The maximum absolute atomic E-state index is 11.8. The molecule has 5 nitrogen and oxygen atoms in total. The first kappa shape index (κ1) is 14.9. The van der Waals surface area contributed by atoms with Gasteiger partial charge in [-0.2, -0.15) is 0 Å². The Morgan fingerprint density at radius 3 is 2.65 bits per heavy atom. The molecule has 17 heavy (non-hydrogen) atoms. The molecule has 1 aliphatic rings. The fourth-order valence-electron chi connectivity index (χ4n) is 2.11. The van der Waals surface area contributed by atoms with Crippen molar-refractivity contribution in [3.05, 3.63) is 0 Å². The third-order valence-corrected chi connectivity index (χ3v) is 4.41. The third kappa shape index (κ3) is 5.33. The molecule has 0 heterocycles. The lowest BCUT2D eigenvalue weighted by Crippen LogP contribution is -2.43. The molecular formula is C11H24N2O3S. The fraction of sp³-hybridized carbons (Fsp3) is 1.00. The summed E-state index contributed by atoms with van der Waals surface area (Å²) in [5.74, 6) is 0.123. The van der Waals surface area contributed by atoms with E-state index in [1.807, 2.05) is 13.8 Å². The number of methoxy groups -OCH3 is 1. The van der Waals surface area contributed by atoms with Crippen LogP contribution < -0.4 is 10.0 Å². The number of nitrogens with one attached hydrogen (secondary N) is 2. The quantitative estimate of drug-likeness (QED) is 0.701. The topological polar surface area (TPSA) is 67.4 Å². The van der Waals surface area contributed by atoms with Crippen LogP contribution in [0.5, 0.6) is 0 Å². The second kappa shape index (κ2) is 6.68. The highest BCUT2D eigenvalue weighted by molar-refractivity contribution is 7.89. The minimum atomic E-state index is -3.20. The van der Waals surface area contributed by atoms with E-state index in [-0.39, 0.29) is 17.9 Å². The highest BCUT2D eigenvalue weighted by atomic mass is 32.2. The van der Waals surface area contributed by atoms with Crippen molar-refractivity contribution in [3.63, 3.8) is 0 Å². The van der Waals surface area contributed by atoms with E-state index in [4.69, 9.17) is 4.74 Å². The van der Waals surface area contributed by atoms with E-state index in [0.29, 0.717) is 12.6 Å². The van der Waals surface area contributed by atoms with Gasteiger partial charge in [-0.3, -0.25) is 0 Å². The van der Waals surface area contributed by atoms with Gasteiger partial charge in [0.2, 0.25) is 10.0 Å². The molecule has 102 valence electrons. The molecule has 0 spiro atoms. The van der Waals surface area contributed by atoms with Gasteiger partial charge in [0, 0.05) is 25.7 Å². The van der Waals surface area contributed by atoms with Gasteiger partial charge in [-0.1, -0.05) is 13.8 Å². The van der Waals surface area contributed by atoms with Crippen LogP contribution in [0, 0.1) is 0 Å². The molecule has 0 aromatic rings. The molecule has 2 N–H and O–H groups in total. The highest BCUT2D eigenvalue weighted by Gasteiger charge is 2.30. The Hall–Kier alpha value is -0.170. The van der Waals surface area contributed by atoms with Crippen LogP contribution in [0.1, 0.15) is 33.1 Å². The lowest BCUT2D eigenvalue weighted by atomic mass is 10.2. The van der Waals surface area contributed by atoms with Gasteiger partial charge < -0.3 is 10.1 Å². The monoisotopic (exact) mass is 264 g/mol. The molecule has 0 radical (unpaired) electrons. The first-order chi connectivity index (χ1) is 7.94. The Balaban J connectivity index is 2.38. The van der Waals surface area contributed by atoms with Crippen molar-refractivity contribution in [3.8, 4) is 0 Å². The maximum Gasteiger partial charge on any atom is 0.213 e. The van der Waals surface area contributed by atoms with Crippen molar-refractivity contribution < 1.29 is 13.2 Å². The largest absolute Gasteiger partial charge is 0.380 e. The smallest absolute Gasteiger partial charge is 0.213 e. The van der Waals surface area contributed by atoms with Gasteiger partial charge in [0.25, 0.3) is 0 Å². The van der Waals surface area contributed by atoms with Gasteiger partial charge in [-0.25, -0.2) is 13.1 Å². The summed E-state index contributed by atoms with van der Waals surface area (Å²) in [6.45, 7) is 4.48. The van der Waals surface area contributed by atoms with Crippen LogP contribution in [0.15, 0.2) is 0 Å². The van der Waals surface area contributed by atoms with E-state index in [9.17, 15) is 8.42 Å². The fourth-order valence-corrected chi connectivity index (χ4v) is 3.35. The van der Waals surface area contributed by atoms with E-state index in [1.54, 1.807) is 7.11 Å². The average Bonchev–Trinajstić information content (AvgIpc) is 2.63. The number of sulfonamides is 1. The molecule has 1 rings (SSSR count). The van der Waals surface area contributed by atoms with Crippen LogP contribution in [0.3, 0.4) is 0 Å².